The van der Waals surface area contributed by atoms with Gasteiger partial charge in [-0.25, -0.2) is 0 Å². The van der Waals surface area contributed by atoms with Crippen molar-refractivity contribution in [3.8, 4) is 0 Å². The van der Waals surface area contributed by atoms with Gasteiger partial charge >= 0.3 is 0 Å². The smallest absolute Gasteiger partial charge is 0.237 e. The number of aliphatic hydroxyl groups excluding tert-OH is 1. The SMILES string of the molecule is CCOC1CC(NC(=O)C2CC(O)CN2)C1(CC)CC.Cl. The number of β-amino-alcohol motifs (C(OH)–C–C–N with tert-alkyl or cyclic N) is 1. The number of halogens is 1. The summed E-state index contributed by atoms with van der Waals surface area (Å²) in [5.41, 5.74) is 0.0723. The van der Waals surface area contributed by atoms with Crippen molar-refractivity contribution in [2.75, 3.05) is 13.2 Å². The highest BCUT2D eigenvalue weighted by molar-refractivity contribution is 5.85. The lowest BCUT2D eigenvalue weighted by molar-refractivity contribution is -0.149. The minimum atomic E-state index is -0.398. The summed E-state index contributed by atoms with van der Waals surface area (Å²) in [6.07, 6.45) is 3.30. The Morgan fingerprint density at radius 1 is 1.33 bits per heavy atom. The van der Waals surface area contributed by atoms with E-state index >= 15 is 0 Å². The largest absolute Gasteiger partial charge is 0.392 e. The summed E-state index contributed by atoms with van der Waals surface area (Å²) in [4.78, 5) is 12.3. The van der Waals surface area contributed by atoms with Crippen LogP contribution in [0, 0.1) is 5.41 Å². The van der Waals surface area contributed by atoms with Crippen LogP contribution in [0.3, 0.4) is 0 Å². The molecule has 4 unspecified atom stereocenters. The Labute approximate surface area is 133 Å². The third-order valence-corrected chi connectivity index (χ3v) is 5.21. The molecule has 0 spiro atoms. The van der Waals surface area contributed by atoms with Crippen LogP contribution in [0.1, 0.15) is 46.5 Å². The second kappa shape index (κ2) is 7.77. The van der Waals surface area contributed by atoms with Gasteiger partial charge in [0.1, 0.15) is 0 Å². The molecule has 3 N–H and O–H groups in total. The summed E-state index contributed by atoms with van der Waals surface area (Å²) < 4.78 is 5.82. The van der Waals surface area contributed by atoms with Crippen molar-refractivity contribution in [1.29, 1.82) is 0 Å². The standard InChI is InChI=1S/C15H28N2O3.ClH/c1-4-15(5-2)12(8-13(15)20-6-3)17-14(19)11-7-10(18)9-16-11;/h10-13,16,18H,4-9H2,1-3H3,(H,17,19);1H. The summed E-state index contributed by atoms with van der Waals surface area (Å²) in [5.74, 6) is 0.0211. The molecule has 0 aromatic rings. The topological polar surface area (TPSA) is 70.6 Å². The van der Waals surface area contributed by atoms with Crippen molar-refractivity contribution in [3.05, 3.63) is 0 Å². The molecule has 0 aromatic carbocycles. The Bertz CT molecular complexity index is 350. The molecule has 0 bridgehead atoms. The van der Waals surface area contributed by atoms with E-state index in [0.29, 0.717) is 13.0 Å². The van der Waals surface area contributed by atoms with E-state index in [1.54, 1.807) is 0 Å². The maximum atomic E-state index is 12.3. The van der Waals surface area contributed by atoms with E-state index in [0.717, 1.165) is 25.9 Å². The maximum absolute atomic E-state index is 12.3. The van der Waals surface area contributed by atoms with Gasteiger partial charge in [0.15, 0.2) is 0 Å². The number of ether oxygens (including phenoxy) is 1. The number of aliphatic hydroxyl groups is 1. The predicted molar refractivity (Wildman–Crippen MR) is 84.6 cm³/mol. The molecule has 1 amide bonds. The Kier molecular flexibility index (Phi) is 6.91. The summed E-state index contributed by atoms with van der Waals surface area (Å²) in [5, 5.41) is 15.7. The molecule has 2 aliphatic rings. The van der Waals surface area contributed by atoms with Crippen molar-refractivity contribution in [1.82, 2.24) is 10.6 Å². The first kappa shape index (κ1) is 18.7. The normalized spacial score (nSPS) is 33.9. The molecule has 124 valence electrons. The molecule has 2 fully saturated rings. The van der Waals surface area contributed by atoms with Crippen LogP contribution < -0.4 is 10.6 Å². The fraction of sp³-hybridized carbons (Fsp3) is 0.933. The molecular weight excluding hydrogens is 292 g/mol. The van der Waals surface area contributed by atoms with Crippen LogP contribution in [0.25, 0.3) is 0 Å². The van der Waals surface area contributed by atoms with Crippen molar-refractivity contribution < 1.29 is 14.6 Å². The van der Waals surface area contributed by atoms with Crippen LogP contribution in [0.2, 0.25) is 0 Å². The molecule has 1 saturated carbocycles. The van der Waals surface area contributed by atoms with Gasteiger partial charge in [0, 0.05) is 24.6 Å². The molecule has 1 heterocycles. The van der Waals surface area contributed by atoms with Gasteiger partial charge in [-0.15, -0.1) is 12.4 Å². The number of nitrogens with one attached hydrogen (secondary N) is 2. The monoisotopic (exact) mass is 320 g/mol. The zero-order valence-corrected chi connectivity index (χ0v) is 14.0. The molecule has 1 aliphatic carbocycles. The van der Waals surface area contributed by atoms with Crippen LogP contribution in [0.15, 0.2) is 0 Å². The molecule has 1 aliphatic heterocycles. The van der Waals surface area contributed by atoms with Gasteiger partial charge < -0.3 is 20.5 Å². The van der Waals surface area contributed by atoms with E-state index in [-0.39, 0.29) is 41.9 Å². The minimum absolute atomic E-state index is 0. The van der Waals surface area contributed by atoms with E-state index in [1.165, 1.54) is 0 Å². The molecule has 1 saturated heterocycles. The van der Waals surface area contributed by atoms with Gasteiger partial charge in [-0.3, -0.25) is 4.79 Å². The summed E-state index contributed by atoms with van der Waals surface area (Å²) in [6, 6.07) is -0.0522. The Hall–Kier alpha value is -0.360. The summed E-state index contributed by atoms with van der Waals surface area (Å²) >= 11 is 0. The lowest BCUT2D eigenvalue weighted by atomic mass is 9.58. The first-order valence-electron chi connectivity index (χ1n) is 7.90. The van der Waals surface area contributed by atoms with Crippen molar-refractivity contribution >= 4 is 18.3 Å². The van der Waals surface area contributed by atoms with Crippen LogP contribution in [0.5, 0.6) is 0 Å². The van der Waals surface area contributed by atoms with E-state index in [1.807, 2.05) is 6.92 Å². The molecule has 2 rings (SSSR count). The van der Waals surface area contributed by atoms with E-state index in [4.69, 9.17) is 4.74 Å². The molecule has 21 heavy (non-hydrogen) atoms. The number of rotatable bonds is 6. The first-order valence-corrected chi connectivity index (χ1v) is 7.90. The Morgan fingerprint density at radius 2 is 2.00 bits per heavy atom. The quantitative estimate of drug-likeness (QED) is 0.688. The predicted octanol–water partition coefficient (Wildman–Crippen LogP) is 1.23. The van der Waals surface area contributed by atoms with Gasteiger partial charge in [0.05, 0.1) is 18.2 Å². The minimum Gasteiger partial charge on any atom is -0.392 e. The number of amides is 1. The fourth-order valence-electron chi connectivity index (χ4n) is 3.77. The Balaban J connectivity index is 0.00000220. The van der Waals surface area contributed by atoms with Gasteiger partial charge in [0.2, 0.25) is 5.91 Å². The number of carbonyl (C=O) groups is 1. The highest BCUT2D eigenvalue weighted by Gasteiger charge is 2.54. The van der Waals surface area contributed by atoms with E-state index in [2.05, 4.69) is 24.5 Å². The summed E-state index contributed by atoms with van der Waals surface area (Å²) in [6.45, 7) is 7.60. The Morgan fingerprint density at radius 3 is 2.48 bits per heavy atom. The highest BCUT2D eigenvalue weighted by atomic mass is 35.5. The van der Waals surface area contributed by atoms with Gasteiger partial charge in [-0.05, 0) is 32.6 Å². The maximum Gasteiger partial charge on any atom is 0.237 e. The molecular formula is C15H29ClN2O3. The van der Waals surface area contributed by atoms with Crippen LogP contribution in [-0.4, -0.2) is 48.5 Å². The number of carbonyl (C=O) groups excluding carboxylic acids is 1. The zero-order chi connectivity index (χ0) is 14.8. The second-order valence-electron chi connectivity index (χ2n) is 6.03. The average Bonchev–Trinajstić information content (AvgIpc) is 2.86. The van der Waals surface area contributed by atoms with Gasteiger partial charge in [0.25, 0.3) is 0 Å². The first-order chi connectivity index (χ1) is 9.57. The highest BCUT2D eigenvalue weighted by Crippen LogP contribution is 2.48. The second-order valence-corrected chi connectivity index (χ2v) is 6.03. The number of hydrogen-bond donors (Lipinski definition) is 3. The number of hydrogen-bond acceptors (Lipinski definition) is 4. The van der Waals surface area contributed by atoms with E-state index < -0.39 is 6.10 Å². The van der Waals surface area contributed by atoms with Crippen molar-refractivity contribution in [2.24, 2.45) is 5.41 Å². The lowest BCUT2D eigenvalue weighted by Crippen LogP contribution is -2.65. The molecule has 6 heteroatoms. The lowest BCUT2D eigenvalue weighted by Gasteiger charge is -2.55. The van der Waals surface area contributed by atoms with Crippen molar-refractivity contribution in [3.63, 3.8) is 0 Å². The van der Waals surface area contributed by atoms with Crippen LogP contribution >= 0.6 is 12.4 Å². The van der Waals surface area contributed by atoms with Gasteiger partial charge in [-0.2, -0.15) is 0 Å². The molecule has 0 radical (unpaired) electrons. The third kappa shape index (κ3) is 3.52. The zero-order valence-electron chi connectivity index (χ0n) is 13.2. The van der Waals surface area contributed by atoms with Gasteiger partial charge in [-0.1, -0.05) is 13.8 Å². The summed E-state index contributed by atoms with van der Waals surface area (Å²) in [7, 11) is 0. The van der Waals surface area contributed by atoms with Crippen molar-refractivity contribution in [2.45, 2.75) is 70.7 Å². The fourth-order valence-corrected chi connectivity index (χ4v) is 3.77. The third-order valence-electron chi connectivity index (χ3n) is 5.21. The molecule has 5 nitrogen and oxygen atoms in total. The molecule has 0 aromatic heterocycles. The van der Waals surface area contributed by atoms with E-state index in [9.17, 15) is 9.90 Å². The molecule has 4 atom stereocenters. The van der Waals surface area contributed by atoms with Crippen LogP contribution in [-0.2, 0) is 9.53 Å². The van der Waals surface area contributed by atoms with Crippen LogP contribution in [0.4, 0.5) is 0 Å². The average molecular weight is 321 g/mol.